The molecule has 0 aliphatic carbocycles. The van der Waals surface area contributed by atoms with Crippen molar-refractivity contribution in [3.8, 4) is 0 Å². The summed E-state index contributed by atoms with van der Waals surface area (Å²) in [5.74, 6) is -1.74. The number of carbonyl (C=O) groups excluding carboxylic acids is 2. The first-order valence-corrected chi connectivity index (χ1v) is 6.03. The van der Waals surface area contributed by atoms with E-state index >= 15 is 0 Å². The lowest BCUT2D eigenvalue weighted by Gasteiger charge is -2.41. The number of nitrogens with two attached hydrogens (primary N) is 1. The molecule has 0 bridgehead atoms. The Balaban J connectivity index is 2.71. The van der Waals surface area contributed by atoms with Crippen molar-refractivity contribution >= 4 is 11.9 Å². The third-order valence-electron chi connectivity index (χ3n) is 2.86. The Kier molecular flexibility index (Phi) is 5.99. The molecule has 20 heavy (non-hydrogen) atoms. The third kappa shape index (κ3) is 3.95. The third-order valence-corrected chi connectivity index (χ3v) is 2.86. The van der Waals surface area contributed by atoms with Gasteiger partial charge in [-0.1, -0.05) is 0 Å². The average Bonchev–Trinajstić information content (AvgIpc) is 2.37. The topological polar surface area (TPSA) is 149 Å². The van der Waals surface area contributed by atoms with Crippen molar-refractivity contribution in [1.82, 2.24) is 0 Å². The minimum Gasteiger partial charge on any atom is -0.394 e. The van der Waals surface area contributed by atoms with Gasteiger partial charge in [0.1, 0.15) is 18.3 Å². The second kappa shape index (κ2) is 7.07. The SMILES string of the molecule is CC(=O)OC(=O)[C@@H](C)O[C@H]1[C@H](O)[C@@H](CO)OC(O)[C@@H]1N. The molecule has 1 aliphatic rings. The summed E-state index contributed by atoms with van der Waals surface area (Å²) in [4.78, 5) is 22.1. The average molecular weight is 293 g/mol. The predicted octanol–water partition coefficient (Wildman–Crippen LogP) is -2.75. The van der Waals surface area contributed by atoms with Crippen LogP contribution in [-0.4, -0.2) is 70.6 Å². The van der Waals surface area contributed by atoms with E-state index in [0.29, 0.717) is 0 Å². The molecule has 1 fully saturated rings. The highest BCUT2D eigenvalue weighted by Gasteiger charge is 2.44. The van der Waals surface area contributed by atoms with E-state index in [2.05, 4.69) is 4.74 Å². The van der Waals surface area contributed by atoms with E-state index in [1.54, 1.807) is 0 Å². The van der Waals surface area contributed by atoms with Gasteiger partial charge in [-0.2, -0.15) is 0 Å². The lowest BCUT2D eigenvalue weighted by atomic mass is 9.97. The van der Waals surface area contributed by atoms with Gasteiger partial charge in [0.25, 0.3) is 0 Å². The van der Waals surface area contributed by atoms with Gasteiger partial charge in [-0.3, -0.25) is 4.79 Å². The van der Waals surface area contributed by atoms with E-state index in [1.807, 2.05) is 0 Å². The first-order valence-electron chi connectivity index (χ1n) is 6.03. The highest BCUT2D eigenvalue weighted by Crippen LogP contribution is 2.22. The zero-order chi connectivity index (χ0) is 15.4. The van der Waals surface area contributed by atoms with Crippen molar-refractivity contribution in [2.45, 2.75) is 50.6 Å². The van der Waals surface area contributed by atoms with E-state index in [0.717, 1.165) is 6.92 Å². The summed E-state index contributed by atoms with van der Waals surface area (Å²) in [5.41, 5.74) is 5.62. The van der Waals surface area contributed by atoms with Crippen LogP contribution in [0.4, 0.5) is 0 Å². The smallest absolute Gasteiger partial charge is 0.342 e. The van der Waals surface area contributed by atoms with Gasteiger partial charge in [0.2, 0.25) is 0 Å². The van der Waals surface area contributed by atoms with Crippen molar-refractivity contribution in [1.29, 1.82) is 0 Å². The highest BCUT2D eigenvalue weighted by atomic mass is 16.6. The Morgan fingerprint density at radius 2 is 2.00 bits per heavy atom. The Hall–Kier alpha value is -1.10. The second-order valence-corrected chi connectivity index (χ2v) is 4.47. The number of aliphatic hydroxyl groups is 3. The van der Waals surface area contributed by atoms with Crippen LogP contribution in [-0.2, 0) is 23.8 Å². The fourth-order valence-electron chi connectivity index (χ4n) is 1.79. The van der Waals surface area contributed by atoms with Gasteiger partial charge >= 0.3 is 11.9 Å². The largest absolute Gasteiger partial charge is 0.394 e. The minimum absolute atomic E-state index is 0.558. The maximum Gasteiger partial charge on any atom is 0.342 e. The Bertz CT molecular complexity index is 362. The van der Waals surface area contributed by atoms with Gasteiger partial charge in [-0.05, 0) is 6.92 Å². The van der Waals surface area contributed by atoms with Crippen LogP contribution in [0.5, 0.6) is 0 Å². The molecule has 0 aromatic heterocycles. The van der Waals surface area contributed by atoms with Crippen molar-refractivity contribution in [2.24, 2.45) is 5.73 Å². The van der Waals surface area contributed by atoms with E-state index in [9.17, 15) is 19.8 Å². The molecule has 1 aliphatic heterocycles. The van der Waals surface area contributed by atoms with Crippen molar-refractivity contribution in [3.63, 3.8) is 0 Å². The van der Waals surface area contributed by atoms with Crippen LogP contribution in [0, 0.1) is 0 Å². The van der Waals surface area contributed by atoms with E-state index in [-0.39, 0.29) is 0 Å². The molecule has 1 rings (SSSR count). The second-order valence-electron chi connectivity index (χ2n) is 4.47. The standard InChI is InChI=1S/C11H19NO8/c1-4(10(16)19-5(2)14)18-9-7(12)11(17)20-6(3-13)8(9)15/h4,6-9,11,13,15,17H,3,12H2,1-2H3/t4-,6-,7-,8-,9-,11?/m1/s1. The van der Waals surface area contributed by atoms with Crippen LogP contribution in [0.25, 0.3) is 0 Å². The fourth-order valence-corrected chi connectivity index (χ4v) is 1.79. The molecule has 1 heterocycles. The van der Waals surface area contributed by atoms with Crippen LogP contribution in [0.15, 0.2) is 0 Å². The molecular weight excluding hydrogens is 274 g/mol. The summed E-state index contributed by atoms with van der Waals surface area (Å²) < 4.78 is 14.4. The van der Waals surface area contributed by atoms with Crippen LogP contribution in [0.1, 0.15) is 13.8 Å². The van der Waals surface area contributed by atoms with Crippen LogP contribution < -0.4 is 5.73 Å². The molecule has 0 amide bonds. The summed E-state index contributed by atoms with van der Waals surface area (Å²) in [6, 6.07) is -1.12. The zero-order valence-corrected chi connectivity index (χ0v) is 11.1. The summed E-state index contributed by atoms with van der Waals surface area (Å²) in [7, 11) is 0. The highest BCUT2D eigenvalue weighted by molar-refractivity contribution is 5.86. The van der Waals surface area contributed by atoms with E-state index in [1.165, 1.54) is 6.92 Å². The zero-order valence-electron chi connectivity index (χ0n) is 11.1. The summed E-state index contributed by atoms with van der Waals surface area (Å²) >= 11 is 0. The fraction of sp³-hybridized carbons (Fsp3) is 0.818. The minimum atomic E-state index is -1.46. The van der Waals surface area contributed by atoms with Gasteiger partial charge in [-0.25, -0.2) is 4.79 Å². The van der Waals surface area contributed by atoms with E-state index < -0.39 is 55.3 Å². The Morgan fingerprint density at radius 3 is 2.50 bits per heavy atom. The number of ether oxygens (including phenoxy) is 3. The summed E-state index contributed by atoms with van der Waals surface area (Å²) in [6.45, 7) is 1.81. The first-order chi connectivity index (χ1) is 9.27. The van der Waals surface area contributed by atoms with Gasteiger partial charge in [0.05, 0.1) is 12.6 Å². The number of rotatable bonds is 4. The van der Waals surface area contributed by atoms with Crippen molar-refractivity contribution < 1.29 is 39.1 Å². The normalized spacial score (nSPS) is 35.4. The number of hydrogen-bond acceptors (Lipinski definition) is 9. The number of esters is 2. The van der Waals surface area contributed by atoms with Gasteiger partial charge in [-0.15, -0.1) is 0 Å². The molecule has 9 heteroatoms. The Labute approximate surface area is 115 Å². The van der Waals surface area contributed by atoms with Gasteiger partial charge in [0, 0.05) is 6.92 Å². The maximum atomic E-state index is 11.4. The number of aliphatic hydroxyl groups excluding tert-OH is 3. The number of hydrogen-bond donors (Lipinski definition) is 4. The summed E-state index contributed by atoms with van der Waals surface area (Å²) in [5, 5.41) is 28.5. The van der Waals surface area contributed by atoms with Gasteiger partial charge < -0.3 is 35.3 Å². The summed E-state index contributed by atoms with van der Waals surface area (Å²) in [6.07, 6.45) is -6.24. The molecular formula is C11H19NO8. The molecule has 5 N–H and O–H groups in total. The van der Waals surface area contributed by atoms with E-state index in [4.69, 9.17) is 20.3 Å². The van der Waals surface area contributed by atoms with Crippen molar-refractivity contribution in [2.75, 3.05) is 6.61 Å². The molecule has 0 aromatic rings. The van der Waals surface area contributed by atoms with Crippen LogP contribution >= 0.6 is 0 Å². The molecule has 116 valence electrons. The van der Waals surface area contributed by atoms with Crippen LogP contribution in [0.2, 0.25) is 0 Å². The molecule has 0 saturated carbocycles. The Morgan fingerprint density at radius 1 is 1.40 bits per heavy atom. The van der Waals surface area contributed by atoms with Crippen molar-refractivity contribution in [3.05, 3.63) is 0 Å². The quantitative estimate of drug-likeness (QED) is 0.319. The molecule has 0 aromatic carbocycles. The number of carbonyl (C=O) groups is 2. The molecule has 0 spiro atoms. The molecule has 0 radical (unpaired) electrons. The lowest BCUT2D eigenvalue weighted by Crippen LogP contribution is -2.63. The lowest BCUT2D eigenvalue weighted by molar-refractivity contribution is -0.263. The van der Waals surface area contributed by atoms with Gasteiger partial charge in [0.15, 0.2) is 12.4 Å². The predicted molar refractivity (Wildman–Crippen MR) is 63.1 cm³/mol. The monoisotopic (exact) mass is 293 g/mol. The molecule has 1 unspecified atom stereocenters. The molecule has 6 atom stereocenters. The molecule has 9 nitrogen and oxygen atoms in total. The van der Waals surface area contributed by atoms with Crippen LogP contribution in [0.3, 0.4) is 0 Å². The first kappa shape index (κ1) is 17.0. The molecule has 1 saturated heterocycles. The maximum absolute atomic E-state index is 11.4.